The molecule has 0 aliphatic rings. The second-order valence-electron chi connectivity index (χ2n) is 4.45. The third-order valence-corrected chi connectivity index (χ3v) is 2.62. The van der Waals surface area contributed by atoms with Crippen molar-refractivity contribution < 1.29 is 19.4 Å². The van der Waals surface area contributed by atoms with E-state index in [2.05, 4.69) is 0 Å². The van der Waals surface area contributed by atoms with Crippen LogP contribution in [-0.2, 0) is 9.59 Å². The molecule has 0 unspecified atom stereocenters. The minimum absolute atomic E-state index is 0.0626. The van der Waals surface area contributed by atoms with Crippen LogP contribution in [0.15, 0.2) is 30.3 Å². The minimum Gasteiger partial charge on any atom is -0.493 e. The highest BCUT2D eigenvalue weighted by Gasteiger charge is 2.04. The third-order valence-electron chi connectivity index (χ3n) is 2.62. The van der Waals surface area contributed by atoms with Crippen molar-refractivity contribution in [3.8, 4) is 5.75 Å². The first-order chi connectivity index (χ1) is 9.50. The lowest BCUT2D eigenvalue weighted by Crippen LogP contribution is -2.21. The summed E-state index contributed by atoms with van der Waals surface area (Å²) in [5, 5.41) is 8.62. The number of aliphatic carboxylic acids is 1. The molecule has 20 heavy (non-hydrogen) atoms. The van der Waals surface area contributed by atoms with Crippen molar-refractivity contribution in [3.05, 3.63) is 35.9 Å². The zero-order valence-electron chi connectivity index (χ0n) is 11.7. The first-order valence-corrected chi connectivity index (χ1v) is 6.33. The van der Waals surface area contributed by atoms with E-state index in [1.807, 2.05) is 12.1 Å². The number of benzene rings is 1. The molecule has 0 aliphatic carbocycles. The summed E-state index contributed by atoms with van der Waals surface area (Å²) in [5.41, 5.74) is 0.703. The Labute approximate surface area is 118 Å². The van der Waals surface area contributed by atoms with Gasteiger partial charge in [0.15, 0.2) is 0 Å². The van der Waals surface area contributed by atoms with Crippen LogP contribution in [0, 0.1) is 0 Å². The van der Waals surface area contributed by atoms with Crippen LogP contribution < -0.4 is 4.74 Å². The molecule has 0 saturated heterocycles. The van der Waals surface area contributed by atoms with Crippen LogP contribution >= 0.6 is 0 Å². The number of carboxylic acids is 1. The van der Waals surface area contributed by atoms with E-state index in [0.717, 1.165) is 6.08 Å². The summed E-state index contributed by atoms with van der Waals surface area (Å²) in [6.45, 7) is 0.414. The maximum Gasteiger partial charge on any atom is 0.328 e. The van der Waals surface area contributed by atoms with E-state index in [1.54, 1.807) is 31.1 Å². The monoisotopic (exact) mass is 277 g/mol. The Morgan fingerprint density at radius 1 is 1.30 bits per heavy atom. The number of carbonyl (C=O) groups excluding carboxylic acids is 1. The molecule has 1 aromatic rings. The molecule has 5 heteroatoms. The van der Waals surface area contributed by atoms with Crippen LogP contribution in [0.4, 0.5) is 0 Å². The Kier molecular flexibility index (Phi) is 6.29. The average molecular weight is 277 g/mol. The van der Waals surface area contributed by atoms with Crippen LogP contribution in [0.2, 0.25) is 0 Å². The molecular weight excluding hydrogens is 258 g/mol. The van der Waals surface area contributed by atoms with Gasteiger partial charge in [0.2, 0.25) is 5.91 Å². The summed E-state index contributed by atoms with van der Waals surface area (Å²) in [7, 11) is 3.43. The molecule has 0 radical (unpaired) electrons. The normalized spacial score (nSPS) is 10.5. The summed E-state index contributed by atoms with van der Waals surface area (Å²) in [6, 6.07) is 7.18. The molecule has 1 aromatic carbocycles. The van der Waals surface area contributed by atoms with Gasteiger partial charge in [0.05, 0.1) is 6.61 Å². The fourth-order valence-corrected chi connectivity index (χ4v) is 1.54. The Morgan fingerprint density at radius 3 is 2.65 bits per heavy atom. The highest BCUT2D eigenvalue weighted by Crippen LogP contribution is 2.19. The molecule has 0 fully saturated rings. The predicted octanol–water partition coefficient (Wildman–Crippen LogP) is 2.03. The third kappa shape index (κ3) is 5.56. The quantitative estimate of drug-likeness (QED) is 0.611. The van der Waals surface area contributed by atoms with Crippen molar-refractivity contribution in [1.29, 1.82) is 0 Å². The smallest absolute Gasteiger partial charge is 0.328 e. The number of amides is 1. The number of nitrogens with zero attached hydrogens (tertiary/aromatic N) is 1. The van der Waals surface area contributed by atoms with Gasteiger partial charge in [-0.25, -0.2) is 4.79 Å². The van der Waals surface area contributed by atoms with Crippen LogP contribution in [-0.4, -0.2) is 42.6 Å². The van der Waals surface area contributed by atoms with E-state index in [4.69, 9.17) is 9.84 Å². The summed E-state index contributed by atoms with van der Waals surface area (Å²) in [4.78, 5) is 23.5. The molecule has 108 valence electrons. The zero-order valence-corrected chi connectivity index (χ0v) is 11.7. The fourth-order valence-electron chi connectivity index (χ4n) is 1.54. The van der Waals surface area contributed by atoms with Crippen molar-refractivity contribution in [2.24, 2.45) is 0 Å². The van der Waals surface area contributed by atoms with Crippen molar-refractivity contribution >= 4 is 18.0 Å². The Bertz CT molecular complexity index is 494. The van der Waals surface area contributed by atoms with E-state index in [9.17, 15) is 9.59 Å². The Balaban J connectivity index is 2.51. The maximum absolute atomic E-state index is 11.4. The van der Waals surface area contributed by atoms with E-state index >= 15 is 0 Å². The fraction of sp³-hybridized carbons (Fsp3) is 0.333. The molecule has 1 amide bonds. The molecule has 1 rings (SSSR count). The number of rotatable bonds is 7. The van der Waals surface area contributed by atoms with Crippen molar-refractivity contribution in [1.82, 2.24) is 4.90 Å². The maximum atomic E-state index is 11.4. The first kappa shape index (κ1) is 15.8. The largest absolute Gasteiger partial charge is 0.493 e. The summed E-state index contributed by atoms with van der Waals surface area (Å²) >= 11 is 0. The van der Waals surface area contributed by atoms with Gasteiger partial charge in [-0.05, 0) is 18.6 Å². The second-order valence-corrected chi connectivity index (χ2v) is 4.45. The van der Waals surface area contributed by atoms with Crippen molar-refractivity contribution in [3.63, 3.8) is 0 Å². The number of hydrogen-bond donors (Lipinski definition) is 1. The number of hydrogen-bond acceptors (Lipinski definition) is 3. The standard InChI is InChI=1S/C15H19NO4/c1-16(2)14(17)8-5-11-20-13-7-4-3-6-12(13)9-10-15(18)19/h3-4,6-7,9-10H,5,8,11H2,1-2H3,(H,18,19). The molecule has 1 N–H and O–H groups in total. The van der Waals surface area contributed by atoms with Crippen LogP contribution in [0.3, 0.4) is 0 Å². The molecule has 5 nitrogen and oxygen atoms in total. The van der Waals surface area contributed by atoms with Gasteiger partial charge < -0.3 is 14.7 Å². The lowest BCUT2D eigenvalue weighted by Gasteiger charge is -2.11. The van der Waals surface area contributed by atoms with Gasteiger partial charge in [0.1, 0.15) is 5.75 Å². The number of carboxylic acid groups (broad SMARTS) is 1. The van der Waals surface area contributed by atoms with E-state index < -0.39 is 5.97 Å². The number of carbonyl (C=O) groups is 2. The summed E-state index contributed by atoms with van der Waals surface area (Å²) in [5.74, 6) is -0.327. The van der Waals surface area contributed by atoms with E-state index in [1.165, 1.54) is 6.08 Å². The average Bonchev–Trinajstić information content (AvgIpc) is 2.41. The van der Waals surface area contributed by atoms with Crippen molar-refractivity contribution in [2.45, 2.75) is 12.8 Å². The molecule has 0 aliphatic heterocycles. The minimum atomic E-state index is -1.00. The van der Waals surface area contributed by atoms with Gasteiger partial charge >= 0.3 is 5.97 Å². The SMILES string of the molecule is CN(C)C(=O)CCCOc1ccccc1C=CC(=O)O. The Hall–Kier alpha value is -2.30. The van der Waals surface area contributed by atoms with E-state index in [-0.39, 0.29) is 5.91 Å². The molecule has 0 saturated carbocycles. The van der Waals surface area contributed by atoms with Gasteiger partial charge in [-0.1, -0.05) is 18.2 Å². The van der Waals surface area contributed by atoms with E-state index in [0.29, 0.717) is 30.8 Å². The van der Waals surface area contributed by atoms with Gasteiger partial charge in [0.25, 0.3) is 0 Å². The highest BCUT2D eigenvalue weighted by molar-refractivity contribution is 5.85. The van der Waals surface area contributed by atoms with Gasteiger partial charge in [-0.2, -0.15) is 0 Å². The molecule has 0 bridgehead atoms. The highest BCUT2D eigenvalue weighted by atomic mass is 16.5. The van der Waals surface area contributed by atoms with Crippen molar-refractivity contribution in [2.75, 3.05) is 20.7 Å². The van der Waals surface area contributed by atoms with Gasteiger partial charge in [-0.3, -0.25) is 4.79 Å². The number of para-hydroxylation sites is 1. The predicted molar refractivity (Wildman–Crippen MR) is 76.5 cm³/mol. The Morgan fingerprint density at radius 2 is 2.00 bits per heavy atom. The second kappa shape index (κ2) is 7.99. The number of ether oxygens (including phenoxy) is 1. The molecular formula is C15H19NO4. The zero-order chi connectivity index (χ0) is 15.0. The lowest BCUT2D eigenvalue weighted by molar-refractivity contribution is -0.131. The van der Waals surface area contributed by atoms with Crippen LogP contribution in [0.1, 0.15) is 18.4 Å². The van der Waals surface area contributed by atoms with Crippen LogP contribution in [0.25, 0.3) is 6.08 Å². The van der Waals surface area contributed by atoms with Gasteiger partial charge in [-0.15, -0.1) is 0 Å². The molecule has 0 aromatic heterocycles. The topological polar surface area (TPSA) is 66.8 Å². The van der Waals surface area contributed by atoms with Crippen LogP contribution in [0.5, 0.6) is 5.75 Å². The molecule has 0 heterocycles. The van der Waals surface area contributed by atoms with Gasteiger partial charge in [0, 0.05) is 32.2 Å². The summed E-state index contributed by atoms with van der Waals surface area (Å²) in [6.07, 6.45) is 3.61. The molecule has 0 atom stereocenters. The molecule has 0 spiro atoms. The summed E-state index contributed by atoms with van der Waals surface area (Å²) < 4.78 is 5.58. The lowest BCUT2D eigenvalue weighted by atomic mass is 10.2. The first-order valence-electron chi connectivity index (χ1n) is 6.33.